The van der Waals surface area contributed by atoms with Crippen LogP contribution >= 0.6 is 11.6 Å². The van der Waals surface area contributed by atoms with Gasteiger partial charge in [-0.15, -0.1) is 0 Å². The Morgan fingerprint density at radius 1 is 1.45 bits per heavy atom. The molecule has 1 aliphatic rings. The van der Waals surface area contributed by atoms with Crippen molar-refractivity contribution >= 4 is 17.4 Å². The van der Waals surface area contributed by atoms with E-state index in [4.69, 9.17) is 11.6 Å². The highest BCUT2D eigenvalue weighted by Gasteiger charge is 2.13. The van der Waals surface area contributed by atoms with E-state index in [1.54, 1.807) is 6.20 Å². The van der Waals surface area contributed by atoms with E-state index in [1.165, 1.54) is 5.57 Å². The molecule has 0 bridgehead atoms. The molecule has 2 heterocycles. The van der Waals surface area contributed by atoms with Crippen LogP contribution in [-0.2, 0) is 6.54 Å². The maximum atomic E-state index is 6.24. The van der Waals surface area contributed by atoms with E-state index in [1.807, 2.05) is 0 Å². The third kappa shape index (κ3) is 4.22. The minimum Gasteiger partial charge on any atom is -0.353 e. The van der Waals surface area contributed by atoms with Crippen LogP contribution in [0.1, 0.15) is 32.8 Å². The molecule has 2 rings (SSSR count). The van der Waals surface area contributed by atoms with Crippen molar-refractivity contribution < 1.29 is 0 Å². The Kier molecular flexibility index (Phi) is 5.44. The first-order valence-electron chi connectivity index (χ1n) is 7.32. The van der Waals surface area contributed by atoms with Crippen molar-refractivity contribution in [3.8, 4) is 0 Å². The summed E-state index contributed by atoms with van der Waals surface area (Å²) < 4.78 is 0. The topological polar surface area (TPSA) is 28.2 Å². The third-order valence-electron chi connectivity index (χ3n) is 3.55. The summed E-state index contributed by atoms with van der Waals surface area (Å²) in [5.41, 5.74) is 2.60. The van der Waals surface area contributed by atoms with Crippen LogP contribution in [0.4, 0.5) is 5.82 Å². The second kappa shape index (κ2) is 7.09. The molecule has 3 nitrogen and oxygen atoms in total. The molecule has 110 valence electrons. The van der Waals surface area contributed by atoms with Crippen LogP contribution in [-0.4, -0.2) is 24.6 Å². The Morgan fingerprint density at radius 3 is 2.90 bits per heavy atom. The number of rotatable bonds is 5. The van der Waals surface area contributed by atoms with Gasteiger partial charge in [-0.3, -0.25) is 0 Å². The number of aromatic nitrogens is 1. The van der Waals surface area contributed by atoms with E-state index in [0.29, 0.717) is 5.92 Å². The first-order valence-corrected chi connectivity index (χ1v) is 7.69. The van der Waals surface area contributed by atoms with Crippen LogP contribution < -0.4 is 10.2 Å². The van der Waals surface area contributed by atoms with Crippen molar-refractivity contribution in [3.63, 3.8) is 0 Å². The Hall–Kier alpha value is -1.06. The van der Waals surface area contributed by atoms with E-state index in [2.05, 4.69) is 48.1 Å². The minimum atomic E-state index is 0.644. The van der Waals surface area contributed by atoms with Gasteiger partial charge in [0.15, 0.2) is 0 Å². The van der Waals surface area contributed by atoms with Crippen molar-refractivity contribution in [3.05, 3.63) is 34.5 Å². The fourth-order valence-electron chi connectivity index (χ4n) is 2.25. The fourth-order valence-corrected chi connectivity index (χ4v) is 2.42. The molecule has 0 aliphatic carbocycles. The molecule has 0 saturated carbocycles. The van der Waals surface area contributed by atoms with E-state index >= 15 is 0 Å². The molecular formula is C16H24ClN3. The summed E-state index contributed by atoms with van der Waals surface area (Å²) >= 11 is 6.24. The number of halogens is 1. The maximum absolute atomic E-state index is 6.24. The molecule has 1 aliphatic heterocycles. The smallest absolute Gasteiger partial charge is 0.129 e. The lowest BCUT2D eigenvalue weighted by Gasteiger charge is -2.27. The van der Waals surface area contributed by atoms with Gasteiger partial charge in [0.05, 0.1) is 5.02 Å². The normalized spacial score (nSPS) is 15.7. The van der Waals surface area contributed by atoms with Crippen molar-refractivity contribution in [1.29, 1.82) is 0 Å². The lowest BCUT2D eigenvalue weighted by molar-refractivity contribution is 0.552. The highest BCUT2D eigenvalue weighted by atomic mass is 35.5. The van der Waals surface area contributed by atoms with Crippen LogP contribution in [0, 0.1) is 5.92 Å². The highest BCUT2D eigenvalue weighted by molar-refractivity contribution is 6.31. The molecule has 0 radical (unpaired) electrons. The molecule has 0 atom stereocenters. The van der Waals surface area contributed by atoms with E-state index in [-0.39, 0.29) is 0 Å². The van der Waals surface area contributed by atoms with Gasteiger partial charge in [0.1, 0.15) is 5.82 Å². The summed E-state index contributed by atoms with van der Waals surface area (Å²) in [5, 5.41) is 4.18. The minimum absolute atomic E-state index is 0.644. The quantitative estimate of drug-likeness (QED) is 0.840. The second-order valence-electron chi connectivity index (χ2n) is 5.91. The zero-order valence-corrected chi connectivity index (χ0v) is 13.4. The molecule has 0 fully saturated rings. The molecule has 1 N–H and O–H groups in total. The molecule has 0 aromatic carbocycles. The Bertz CT molecular complexity index is 483. The summed E-state index contributed by atoms with van der Waals surface area (Å²) in [7, 11) is 0. The zero-order valence-electron chi connectivity index (χ0n) is 12.6. The van der Waals surface area contributed by atoms with Crippen LogP contribution in [0.2, 0.25) is 5.02 Å². The van der Waals surface area contributed by atoms with E-state index < -0.39 is 0 Å². The van der Waals surface area contributed by atoms with Gasteiger partial charge in [0, 0.05) is 25.8 Å². The van der Waals surface area contributed by atoms with Crippen LogP contribution in [0.15, 0.2) is 23.9 Å². The molecule has 4 heteroatoms. The fraction of sp³-hybridized carbons (Fsp3) is 0.562. The van der Waals surface area contributed by atoms with Crippen molar-refractivity contribution in [1.82, 2.24) is 10.3 Å². The zero-order chi connectivity index (χ0) is 14.5. The van der Waals surface area contributed by atoms with Gasteiger partial charge in [-0.2, -0.15) is 0 Å². The second-order valence-corrected chi connectivity index (χ2v) is 6.31. The number of hydrogen-bond donors (Lipinski definition) is 1. The lowest BCUT2D eigenvalue weighted by Crippen LogP contribution is -2.29. The number of nitrogens with one attached hydrogen (secondary N) is 1. The van der Waals surface area contributed by atoms with Gasteiger partial charge >= 0.3 is 0 Å². The maximum Gasteiger partial charge on any atom is 0.129 e. The van der Waals surface area contributed by atoms with Crippen molar-refractivity contribution in [2.45, 2.75) is 33.7 Å². The van der Waals surface area contributed by atoms with Gasteiger partial charge < -0.3 is 10.2 Å². The van der Waals surface area contributed by atoms with Gasteiger partial charge in [-0.1, -0.05) is 37.1 Å². The largest absolute Gasteiger partial charge is 0.353 e. The summed E-state index contributed by atoms with van der Waals surface area (Å²) in [5.74, 6) is 1.67. The molecular weight excluding hydrogens is 270 g/mol. The Morgan fingerprint density at radius 2 is 2.25 bits per heavy atom. The SMILES string of the molecule is CC1=CCN(c2cc(CNCC(C)C)c(Cl)cn2)CC1. The average molecular weight is 294 g/mol. The van der Waals surface area contributed by atoms with Crippen LogP contribution in [0.3, 0.4) is 0 Å². The molecule has 0 unspecified atom stereocenters. The summed E-state index contributed by atoms with van der Waals surface area (Å²) in [4.78, 5) is 6.77. The van der Waals surface area contributed by atoms with Gasteiger partial charge in [-0.05, 0) is 37.4 Å². The summed E-state index contributed by atoms with van der Waals surface area (Å²) in [6, 6.07) is 2.12. The first kappa shape index (κ1) is 15.3. The highest BCUT2D eigenvalue weighted by Crippen LogP contribution is 2.22. The first-order chi connectivity index (χ1) is 9.56. The van der Waals surface area contributed by atoms with Crippen LogP contribution in [0.5, 0.6) is 0 Å². The summed E-state index contributed by atoms with van der Waals surface area (Å²) in [6.45, 7) is 10.4. The van der Waals surface area contributed by atoms with Gasteiger partial charge in [0.25, 0.3) is 0 Å². The molecule has 1 aromatic rings. The Labute approximate surface area is 127 Å². The van der Waals surface area contributed by atoms with Crippen LogP contribution in [0.25, 0.3) is 0 Å². The predicted octanol–water partition coefficient (Wildman–Crippen LogP) is 3.64. The number of nitrogens with zero attached hydrogens (tertiary/aromatic N) is 2. The molecule has 0 saturated heterocycles. The molecule has 0 amide bonds. The third-order valence-corrected chi connectivity index (χ3v) is 3.89. The molecule has 0 spiro atoms. The molecule has 1 aromatic heterocycles. The van der Waals surface area contributed by atoms with Crippen molar-refractivity contribution in [2.24, 2.45) is 5.92 Å². The Balaban J connectivity index is 2.04. The predicted molar refractivity (Wildman–Crippen MR) is 86.4 cm³/mol. The number of anilines is 1. The van der Waals surface area contributed by atoms with E-state index in [9.17, 15) is 0 Å². The standard InChI is InChI=1S/C16H24ClN3/c1-12(2)9-18-10-14-8-16(19-11-15(14)17)20-6-4-13(3)5-7-20/h4,8,11-12,18H,5-7,9-10H2,1-3H3. The van der Waals surface area contributed by atoms with Gasteiger partial charge in [0.2, 0.25) is 0 Å². The number of hydrogen-bond acceptors (Lipinski definition) is 3. The van der Waals surface area contributed by atoms with E-state index in [0.717, 1.165) is 49.0 Å². The van der Waals surface area contributed by atoms with Crippen molar-refractivity contribution in [2.75, 3.05) is 24.5 Å². The summed E-state index contributed by atoms with van der Waals surface area (Å²) in [6.07, 6.45) is 5.16. The average Bonchev–Trinajstić information content (AvgIpc) is 2.41. The number of pyridine rings is 1. The molecule has 20 heavy (non-hydrogen) atoms. The van der Waals surface area contributed by atoms with Gasteiger partial charge in [-0.25, -0.2) is 4.98 Å². The monoisotopic (exact) mass is 293 g/mol. The lowest BCUT2D eigenvalue weighted by atomic mass is 10.1.